The van der Waals surface area contributed by atoms with Crippen molar-refractivity contribution in [3.63, 3.8) is 0 Å². The van der Waals surface area contributed by atoms with Gasteiger partial charge >= 0.3 is 17.7 Å². The third kappa shape index (κ3) is 3.23. The van der Waals surface area contributed by atoms with Crippen molar-refractivity contribution in [2.24, 2.45) is 0 Å². The number of carbonyl (C=O) groups is 2. The second-order valence-electron chi connectivity index (χ2n) is 6.97. The number of carboxylic acid groups (broad SMARTS) is 1. The number of rotatable bonds is 4. The fraction of sp³-hybridized carbons (Fsp3) is 0.333. The van der Waals surface area contributed by atoms with E-state index in [9.17, 15) is 24.3 Å². The average molecular weight is 372 g/mol. The normalized spacial score (nSPS) is 15.7. The van der Waals surface area contributed by atoms with Gasteiger partial charge in [-0.15, -0.1) is 0 Å². The number of carboxylic acids is 1. The lowest BCUT2D eigenvalue weighted by Gasteiger charge is -2.18. The summed E-state index contributed by atoms with van der Waals surface area (Å²) in [7, 11) is 0. The topological polar surface area (TPSA) is 114 Å². The molecule has 1 saturated heterocycles. The van der Waals surface area contributed by atoms with Crippen LogP contribution >= 0.6 is 0 Å². The second-order valence-corrected chi connectivity index (χ2v) is 6.97. The van der Waals surface area contributed by atoms with Gasteiger partial charge in [-0.25, -0.2) is 14.4 Å². The van der Waals surface area contributed by atoms with Crippen molar-refractivity contribution in [2.75, 3.05) is 11.4 Å². The molecule has 27 heavy (non-hydrogen) atoms. The van der Waals surface area contributed by atoms with Crippen molar-refractivity contribution < 1.29 is 14.7 Å². The highest BCUT2D eigenvalue weighted by molar-refractivity contribution is 5.95. The molecule has 0 spiro atoms. The average Bonchev–Trinajstić information content (AvgIpc) is 2.88. The van der Waals surface area contributed by atoms with Crippen LogP contribution in [0, 0.1) is 0 Å². The zero-order valence-corrected chi connectivity index (χ0v) is 15.2. The third-order valence-electron chi connectivity index (χ3n) is 4.40. The van der Waals surface area contributed by atoms with Gasteiger partial charge in [0.25, 0.3) is 5.56 Å². The lowest BCUT2D eigenvalue weighted by Crippen LogP contribution is -2.41. The molecular weight excluding hydrogens is 352 g/mol. The Morgan fingerprint density at radius 3 is 2.22 bits per heavy atom. The van der Waals surface area contributed by atoms with Crippen LogP contribution in [0.25, 0.3) is 5.69 Å². The third-order valence-corrected chi connectivity index (χ3v) is 4.40. The number of anilines is 1. The molecule has 2 amide bonds. The van der Waals surface area contributed by atoms with Crippen LogP contribution in [-0.4, -0.2) is 38.3 Å². The quantitative estimate of drug-likeness (QED) is 0.832. The van der Waals surface area contributed by atoms with Crippen LogP contribution in [0.2, 0.25) is 0 Å². The predicted molar refractivity (Wildman–Crippen MR) is 98.9 cm³/mol. The Morgan fingerprint density at radius 2 is 1.74 bits per heavy atom. The minimum Gasteiger partial charge on any atom is -0.477 e. The van der Waals surface area contributed by atoms with E-state index in [1.165, 1.54) is 0 Å². The first-order chi connectivity index (χ1) is 12.6. The summed E-state index contributed by atoms with van der Waals surface area (Å²) in [5.41, 5.74) is -1.25. The number of benzene rings is 1. The number of hydrogen-bond donors (Lipinski definition) is 2. The lowest BCUT2D eigenvalue weighted by molar-refractivity contribution is 0.0693. The van der Waals surface area contributed by atoms with E-state index in [1.807, 2.05) is 13.8 Å². The molecule has 1 aliphatic heterocycles. The Kier molecular flexibility index (Phi) is 4.38. The van der Waals surface area contributed by atoms with Gasteiger partial charge in [-0.05, 0) is 45.0 Å². The highest BCUT2D eigenvalue weighted by Gasteiger charge is 2.35. The van der Waals surface area contributed by atoms with Crippen LogP contribution in [0.5, 0.6) is 0 Å². The molecule has 1 aromatic carbocycles. The largest absolute Gasteiger partial charge is 0.477 e. The standard InChI is InChI=1S/C18H20N4O5/c1-4-20-14(23)13(15(24)25)9-21(17(20)27)11-5-7-12(8-6-11)22-10-18(2,3)19-16(22)26/h5-9H,4,10H2,1-3H3,(H,19,26)(H,24,25). The van der Waals surface area contributed by atoms with E-state index in [0.29, 0.717) is 17.9 Å². The molecule has 9 heteroatoms. The van der Waals surface area contributed by atoms with E-state index in [2.05, 4.69) is 5.32 Å². The number of nitrogens with zero attached hydrogens (tertiary/aromatic N) is 3. The summed E-state index contributed by atoms with van der Waals surface area (Å²) in [6.45, 7) is 5.98. The molecule has 0 aliphatic carbocycles. The number of aromatic nitrogens is 2. The molecule has 0 unspecified atom stereocenters. The summed E-state index contributed by atoms with van der Waals surface area (Å²) in [4.78, 5) is 49.6. The van der Waals surface area contributed by atoms with Crippen LogP contribution in [0.4, 0.5) is 10.5 Å². The van der Waals surface area contributed by atoms with Gasteiger partial charge in [-0.2, -0.15) is 0 Å². The SMILES string of the molecule is CCn1c(=O)c(C(=O)O)cn(-c2ccc(N3CC(C)(C)NC3=O)cc2)c1=O. The van der Waals surface area contributed by atoms with Crippen molar-refractivity contribution in [2.45, 2.75) is 32.9 Å². The van der Waals surface area contributed by atoms with Crippen molar-refractivity contribution in [1.29, 1.82) is 0 Å². The van der Waals surface area contributed by atoms with Gasteiger partial charge in [0.1, 0.15) is 5.56 Å². The fourth-order valence-electron chi connectivity index (χ4n) is 3.08. The second kappa shape index (κ2) is 6.42. The first kappa shape index (κ1) is 18.4. The molecule has 2 aromatic rings. The number of nitrogens with one attached hydrogen (secondary N) is 1. The van der Waals surface area contributed by atoms with Crippen molar-refractivity contribution in [1.82, 2.24) is 14.5 Å². The van der Waals surface area contributed by atoms with Crippen molar-refractivity contribution in [3.8, 4) is 5.69 Å². The summed E-state index contributed by atoms with van der Waals surface area (Å²) in [5.74, 6) is -1.40. The van der Waals surface area contributed by atoms with E-state index in [1.54, 1.807) is 36.1 Å². The van der Waals surface area contributed by atoms with Crippen molar-refractivity contribution in [3.05, 3.63) is 56.9 Å². The highest BCUT2D eigenvalue weighted by atomic mass is 16.4. The van der Waals surface area contributed by atoms with Crippen LogP contribution in [0.1, 0.15) is 31.1 Å². The number of hydrogen-bond acceptors (Lipinski definition) is 4. The Labute approximate surface area is 154 Å². The van der Waals surface area contributed by atoms with Crippen LogP contribution in [-0.2, 0) is 6.54 Å². The van der Waals surface area contributed by atoms with Gasteiger partial charge in [0, 0.05) is 18.4 Å². The Morgan fingerprint density at radius 1 is 1.15 bits per heavy atom. The molecule has 1 aromatic heterocycles. The predicted octanol–water partition coefficient (Wildman–Crippen LogP) is 1.03. The van der Waals surface area contributed by atoms with E-state index in [4.69, 9.17) is 0 Å². The number of urea groups is 1. The van der Waals surface area contributed by atoms with Crippen LogP contribution in [0.3, 0.4) is 0 Å². The molecule has 1 fully saturated rings. The molecule has 9 nitrogen and oxygen atoms in total. The first-order valence-electron chi connectivity index (χ1n) is 8.44. The Hall–Kier alpha value is -3.36. The molecule has 0 radical (unpaired) electrons. The zero-order chi connectivity index (χ0) is 19.9. The number of carbonyl (C=O) groups excluding carboxylic acids is 1. The molecule has 0 saturated carbocycles. The van der Waals surface area contributed by atoms with Crippen molar-refractivity contribution >= 4 is 17.7 Å². The van der Waals surface area contributed by atoms with Gasteiger partial charge in [-0.1, -0.05) is 0 Å². The molecule has 142 valence electrons. The van der Waals surface area contributed by atoms with Crippen LogP contribution in [0.15, 0.2) is 40.1 Å². The number of aromatic carboxylic acids is 1. The van der Waals surface area contributed by atoms with E-state index in [-0.39, 0.29) is 18.1 Å². The number of amides is 2. The summed E-state index contributed by atoms with van der Waals surface area (Å²) in [5, 5.41) is 12.1. The molecular formula is C18H20N4O5. The van der Waals surface area contributed by atoms with E-state index in [0.717, 1.165) is 15.3 Å². The van der Waals surface area contributed by atoms with E-state index < -0.39 is 22.8 Å². The smallest absolute Gasteiger partial charge is 0.342 e. The maximum absolute atomic E-state index is 12.5. The summed E-state index contributed by atoms with van der Waals surface area (Å²) in [6.07, 6.45) is 1.03. The zero-order valence-electron chi connectivity index (χ0n) is 15.2. The van der Waals surface area contributed by atoms with Gasteiger partial charge in [-0.3, -0.25) is 18.8 Å². The molecule has 0 bridgehead atoms. The first-order valence-corrected chi connectivity index (χ1v) is 8.44. The summed E-state index contributed by atoms with van der Waals surface area (Å²) in [6, 6.07) is 6.34. The van der Waals surface area contributed by atoms with Gasteiger partial charge < -0.3 is 10.4 Å². The summed E-state index contributed by atoms with van der Waals surface area (Å²) < 4.78 is 1.99. The molecule has 0 atom stereocenters. The fourth-order valence-corrected chi connectivity index (χ4v) is 3.08. The maximum atomic E-state index is 12.5. The van der Waals surface area contributed by atoms with Crippen LogP contribution < -0.4 is 21.5 Å². The molecule has 2 N–H and O–H groups in total. The lowest BCUT2D eigenvalue weighted by atomic mass is 10.1. The Balaban J connectivity index is 2.05. The minimum absolute atomic E-state index is 0.0555. The maximum Gasteiger partial charge on any atom is 0.342 e. The summed E-state index contributed by atoms with van der Waals surface area (Å²) >= 11 is 0. The highest BCUT2D eigenvalue weighted by Crippen LogP contribution is 2.23. The van der Waals surface area contributed by atoms with E-state index >= 15 is 0 Å². The monoisotopic (exact) mass is 372 g/mol. The van der Waals surface area contributed by atoms with Gasteiger partial charge in [0.2, 0.25) is 0 Å². The Bertz CT molecular complexity index is 1030. The van der Waals surface area contributed by atoms with Gasteiger partial charge in [0.15, 0.2) is 0 Å². The molecule has 2 heterocycles. The molecule has 3 rings (SSSR count). The molecule has 1 aliphatic rings. The van der Waals surface area contributed by atoms with Gasteiger partial charge in [0.05, 0.1) is 17.8 Å². The minimum atomic E-state index is -1.40.